The van der Waals surface area contributed by atoms with E-state index in [0.29, 0.717) is 11.5 Å². The third kappa shape index (κ3) is 2.29. The second-order valence-corrected chi connectivity index (χ2v) is 3.55. The molecule has 0 spiro atoms. The third-order valence-corrected chi connectivity index (χ3v) is 2.66. The standard InChI is InChI=1S/C11H17FN2/c1-4-8(2)11(13-3)9-5-6-14-7-10(9)12/h5-8,11,13H,4H2,1-3H3. The Balaban J connectivity index is 2.94. The Kier molecular flexibility index (Phi) is 4.01. The van der Waals surface area contributed by atoms with E-state index in [0.717, 1.165) is 6.42 Å². The topological polar surface area (TPSA) is 24.9 Å². The van der Waals surface area contributed by atoms with E-state index >= 15 is 0 Å². The van der Waals surface area contributed by atoms with Crippen LogP contribution in [0.1, 0.15) is 31.9 Å². The van der Waals surface area contributed by atoms with Gasteiger partial charge in [0.05, 0.1) is 6.20 Å². The number of nitrogens with one attached hydrogen (secondary N) is 1. The molecule has 0 aliphatic carbocycles. The van der Waals surface area contributed by atoms with Gasteiger partial charge in [0.1, 0.15) is 5.82 Å². The quantitative estimate of drug-likeness (QED) is 0.800. The molecule has 0 bridgehead atoms. The van der Waals surface area contributed by atoms with Crippen molar-refractivity contribution in [3.63, 3.8) is 0 Å². The maximum absolute atomic E-state index is 13.4. The molecule has 0 aromatic carbocycles. The minimum Gasteiger partial charge on any atom is -0.313 e. The number of nitrogens with zero attached hydrogens (tertiary/aromatic N) is 1. The molecule has 0 saturated carbocycles. The van der Waals surface area contributed by atoms with Gasteiger partial charge in [0, 0.05) is 17.8 Å². The molecule has 0 radical (unpaired) electrons. The van der Waals surface area contributed by atoms with Crippen molar-refractivity contribution in [3.05, 3.63) is 29.8 Å². The van der Waals surface area contributed by atoms with Crippen molar-refractivity contribution in [3.8, 4) is 0 Å². The minimum absolute atomic E-state index is 0.0722. The summed E-state index contributed by atoms with van der Waals surface area (Å²) in [6.45, 7) is 4.22. The number of pyridine rings is 1. The van der Waals surface area contributed by atoms with E-state index in [1.807, 2.05) is 7.05 Å². The van der Waals surface area contributed by atoms with Crippen molar-refractivity contribution in [2.75, 3.05) is 7.05 Å². The molecule has 0 saturated heterocycles. The highest BCUT2D eigenvalue weighted by Gasteiger charge is 2.18. The summed E-state index contributed by atoms with van der Waals surface area (Å²) in [6, 6.07) is 1.81. The molecule has 2 unspecified atom stereocenters. The molecule has 2 atom stereocenters. The first kappa shape index (κ1) is 11.1. The van der Waals surface area contributed by atoms with Crippen LogP contribution in [0.4, 0.5) is 4.39 Å². The van der Waals surface area contributed by atoms with Crippen LogP contribution in [0.25, 0.3) is 0 Å². The Morgan fingerprint density at radius 1 is 1.57 bits per heavy atom. The van der Waals surface area contributed by atoms with Crippen LogP contribution in [-0.2, 0) is 0 Å². The average molecular weight is 196 g/mol. The summed E-state index contributed by atoms with van der Waals surface area (Å²) in [5.74, 6) is 0.184. The van der Waals surface area contributed by atoms with Crippen molar-refractivity contribution < 1.29 is 4.39 Å². The lowest BCUT2D eigenvalue weighted by Gasteiger charge is -2.22. The fraction of sp³-hybridized carbons (Fsp3) is 0.545. The molecule has 1 aromatic rings. The number of halogens is 1. The Bertz CT molecular complexity index is 288. The second kappa shape index (κ2) is 5.05. The van der Waals surface area contributed by atoms with Crippen LogP contribution in [-0.4, -0.2) is 12.0 Å². The van der Waals surface area contributed by atoms with Crippen LogP contribution in [0.15, 0.2) is 18.5 Å². The zero-order valence-electron chi connectivity index (χ0n) is 8.92. The van der Waals surface area contributed by atoms with Gasteiger partial charge in [0.25, 0.3) is 0 Å². The van der Waals surface area contributed by atoms with Crippen LogP contribution in [0.2, 0.25) is 0 Å². The van der Waals surface area contributed by atoms with E-state index in [4.69, 9.17) is 0 Å². The first-order valence-corrected chi connectivity index (χ1v) is 4.97. The zero-order valence-corrected chi connectivity index (χ0v) is 8.92. The molecule has 1 rings (SSSR count). The van der Waals surface area contributed by atoms with Gasteiger partial charge in [-0.25, -0.2) is 4.39 Å². The van der Waals surface area contributed by atoms with Gasteiger partial charge in [-0.2, -0.15) is 0 Å². The molecule has 3 heteroatoms. The zero-order chi connectivity index (χ0) is 10.6. The number of aromatic nitrogens is 1. The molecule has 0 fully saturated rings. The molecule has 0 amide bonds. The van der Waals surface area contributed by atoms with Crippen molar-refractivity contribution in [1.29, 1.82) is 0 Å². The molecule has 0 aliphatic rings. The van der Waals surface area contributed by atoms with Gasteiger partial charge < -0.3 is 5.32 Å². The smallest absolute Gasteiger partial charge is 0.146 e. The maximum atomic E-state index is 13.4. The highest BCUT2D eigenvalue weighted by atomic mass is 19.1. The van der Waals surface area contributed by atoms with Gasteiger partial charge in [0.2, 0.25) is 0 Å². The molecular formula is C11H17FN2. The Morgan fingerprint density at radius 2 is 2.29 bits per heavy atom. The van der Waals surface area contributed by atoms with Crippen LogP contribution < -0.4 is 5.32 Å². The highest BCUT2D eigenvalue weighted by Crippen LogP contribution is 2.25. The van der Waals surface area contributed by atoms with E-state index < -0.39 is 0 Å². The molecular weight excluding hydrogens is 179 g/mol. The molecule has 14 heavy (non-hydrogen) atoms. The summed E-state index contributed by atoms with van der Waals surface area (Å²) in [5.41, 5.74) is 0.705. The van der Waals surface area contributed by atoms with E-state index in [1.54, 1.807) is 12.3 Å². The Labute approximate surface area is 84.6 Å². The second-order valence-electron chi connectivity index (χ2n) is 3.55. The van der Waals surface area contributed by atoms with E-state index in [-0.39, 0.29) is 11.9 Å². The van der Waals surface area contributed by atoms with Crippen LogP contribution in [0, 0.1) is 11.7 Å². The van der Waals surface area contributed by atoms with Gasteiger partial charge >= 0.3 is 0 Å². The first-order valence-electron chi connectivity index (χ1n) is 4.97. The van der Waals surface area contributed by atoms with Gasteiger partial charge in [-0.15, -0.1) is 0 Å². The van der Waals surface area contributed by atoms with Crippen LogP contribution in [0.5, 0.6) is 0 Å². The Hall–Kier alpha value is -0.960. The predicted octanol–water partition coefficient (Wildman–Crippen LogP) is 2.53. The summed E-state index contributed by atoms with van der Waals surface area (Å²) >= 11 is 0. The SMILES string of the molecule is CCC(C)C(NC)c1ccncc1F. The lowest BCUT2D eigenvalue weighted by atomic mass is 9.93. The van der Waals surface area contributed by atoms with Crippen LogP contribution >= 0.6 is 0 Å². The fourth-order valence-electron chi connectivity index (χ4n) is 1.62. The van der Waals surface area contributed by atoms with Gasteiger partial charge in [-0.1, -0.05) is 20.3 Å². The largest absolute Gasteiger partial charge is 0.313 e. The monoisotopic (exact) mass is 196 g/mol. The maximum Gasteiger partial charge on any atom is 0.146 e. The molecule has 2 nitrogen and oxygen atoms in total. The van der Waals surface area contributed by atoms with Gasteiger partial charge in [0.15, 0.2) is 0 Å². The average Bonchev–Trinajstić information content (AvgIpc) is 2.21. The summed E-state index contributed by atoms with van der Waals surface area (Å²) in [7, 11) is 1.86. The third-order valence-electron chi connectivity index (χ3n) is 2.66. The number of hydrogen-bond acceptors (Lipinski definition) is 2. The highest BCUT2D eigenvalue weighted by molar-refractivity contribution is 5.18. The summed E-state index contributed by atoms with van der Waals surface area (Å²) < 4.78 is 13.4. The Morgan fingerprint density at radius 3 is 2.79 bits per heavy atom. The number of hydrogen-bond donors (Lipinski definition) is 1. The summed E-state index contributed by atoms with van der Waals surface area (Å²) in [4.78, 5) is 3.74. The minimum atomic E-state index is -0.229. The molecule has 1 aromatic heterocycles. The summed E-state index contributed by atoms with van der Waals surface area (Å²) in [5, 5.41) is 3.14. The van der Waals surface area contributed by atoms with Crippen molar-refractivity contribution in [2.24, 2.45) is 5.92 Å². The van der Waals surface area contributed by atoms with Crippen molar-refractivity contribution in [1.82, 2.24) is 10.3 Å². The van der Waals surface area contributed by atoms with E-state index in [2.05, 4.69) is 24.1 Å². The lowest BCUT2D eigenvalue weighted by molar-refractivity contribution is 0.386. The van der Waals surface area contributed by atoms with E-state index in [1.165, 1.54) is 6.20 Å². The normalized spacial score (nSPS) is 15.1. The van der Waals surface area contributed by atoms with Crippen LogP contribution in [0.3, 0.4) is 0 Å². The fourth-order valence-corrected chi connectivity index (χ4v) is 1.62. The molecule has 78 valence electrons. The predicted molar refractivity (Wildman–Crippen MR) is 55.5 cm³/mol. The molecule has 0 aliphatic heterocycles. The van der Waals surface area contributed by atoms with Crippen molar-refractivity contribution in [2.45, 2.75) is 26.3 Å². The molecule has 1 heterocycles. The number of rotatable bonds is 4. The first-order chi connectivity index (χ1) is 6.70. The van der Waals surface area contributed by atoms with Gasteiger partial charge in [-0.05, 0) is 19.0 Å². The van der Waals surface area contributed by atoms with Crippen molar-refractivity contribution >= 4 is 0 Å². The van der Waals surface area contributed by atoms with E-state index in [9.17, 15) is 4.39 Å². The van der Waals surface area contributed by atoms with Gasteiger partial charge in [-0.3, -0.25) is 4.98 Å². The summed E-state index contributed by atoms with van der Waals surface area (Å²) in [6.07, 6.45) is 3.92. The molecule has 1 N–H and O–H groups in total. The lowest BCUT2D eigenvalue weighted by Crippen LogP contribution is -2.24.